The number of ether oxygens (including phenoxy) is 1. The van der Waals surface area contributed by atoms with Crippen LogP contribution in [-0.2, 0) is 16.1 Å². The molecule has 7 nitrogen and oxygen atoms in total. The molecule has 0 aromatic heterocycles. The van der Waals surface area contributed by atoms with E-state index in [1.165, 1.54) is 0 Å². The van der Waals surface area contributed by atoms with Crippen molar-refractivity contribution in [2.45, 2.75) is 26.3 Å². The van der Waals surface area contributed by atoms with Crippen LogP contribution in [0.5, 0.6) is 0 Å². The SMILES string of the molecule is CCNC(=NCc1ccc(N2CCCC2=O)cc1)NCCN(C)CCOC. The molecule has 1 aromatic carbocycles. The number of benzene rings is 1. The summed E-state index contributed by atoms with van der Waals surface area (Å²) in [4.78, 5) is 20.6. The van der Waals surface area contributed by atoms with Crippen molar-refractivity contribution in [2.75, 3.05) is 58.4 Å². The van der Waals surface area contributed by atoms with E-state index in [4.69, 9.17) is 4.74 Å². The van der Waals surface area contributed by atoms with Crippen LogP contribution in [0.2, 0.25) is 0 Å². The maximum atomic E-state index is 11.8. The highest BCUT2D eigenvalue weighted by atomic mass is 16.5. The van der Waals surface area contributed by atoms with Gasteiger partial charge in [0.1, 0.15) is 0 Å². The molecule has 1 amide bonds. The zero-order chi connectivity index (χ0) is 19.5. The Morgan fingerprint density at radius 3 is 2.67 bits per heavy atom. The minimum atomic E-state index is 0.217. The lowest BCUT2D eigenvalue weighted by molar-refractivity contribution is -0.117. The molecular weight excluding hydrogens is 342 g/mol. The number of guanidine groups is 1. The van der Waals surface area contributed by atoms with Gasteiger partial charge in [0.25, 0.3) is 0 Å². The van der Waals surface area contributed by atoms with E-state index >= 15 is 0 Å². The van der Waals surface area contributed by atoms with Crippen LogP contribution >= 0.6 is 0 Å². The standard InChI is InChI=1S/C20H33N5O2/c1-4-21-20(22-11-13-24(2)14-15-27-3)23-16-17-7-9-18(10-8-17)25-12-5-6-19(25)26/h7-10H,4-6,11-16H2,1-3H3,(H2,21,22,23). The molecule has 7 heteroatoms. The summed E-state index contributed by atoms with van der Waals surface area (Å²) in [5.41, 5.74) is 2.11. The highest BCUT2D eigenvalue weighted by Crippen LogP contribution is 2.21. The van der Waals surface area contributed by atoms with Gasteiger partial charge in [-0.15, -0.1) is 0 Å². The van der Waals surface area contributed by atoms with Gasteiger partial charge in [0, 0.05) is 51.9 Å². The maximum Gasteiger partial charge on any atom is 0.227 e. The molecule has 0 atom stereocenters. The molecule has 1 aliphatic rings. The van der Waals surface area contributed by atoms with Crippen LogP contribution in [-0.4, -0.2) is 70.3 Å². The lowest BCUT2D eigenvalue weighted by Gasteiger charge is -2.18. The number of nitrogens with one attached hydrogen (secondary N) is 2. The first kappa shape index (κ1) is 21.2. The molecule has 0 radical (unpaired) electrons. The van der Waals surface area contributed by atoms with Gasteiger partial charge in [-0.2, -0.15) is 0 Å². The normalized spacial score (nSPS) is 14.9. The Kier molecular flexibility index (Phi) is 9.07. The Balaban J connectivity index is 1.83. The number of likely N-dealkylation sites (N-methyl/N-ethyl adjacent to an activating group) is 1. The number of anilines is 1. The van der Waals surface area contributed by atoms with Gasteiger partial charge in [-0.05, 0) is 38.1 Å². The van der Waals surface area contributed by atoms with Crippen LogP contribution in [0.3, 0.4) is 0 Å². The number of rotatable bonds is 10. The third-order valence-corrected chi connectivity index (χ3v) is 4.55. The number of carbonyl (C=O) groups excluding carboxylic acids is 1. The summed E-state index contributed by atoms with van der Waals surface area (Å²) in [6, 6.07) is 8.12. The Hall–Kier alpha value is -2.12. The van der Waals surface area contributed by atoms with Gasteiger partial charge in [0.05, 0.1) is 13.2 Å². The van der Waals surface area contributed by atoms with E-state index in [2.05, 4.69) is 34.5 Å². The summed E-state index contributed by atoms with van der Waals surface area (Å²) in [5.74, 6) is 1.03. The monoisotopic (exact) mass is 375 g/mol. The fourth-order valence-electron chi connectivity index (χ4n) is 2.94. The molecule has 27 heavy (non-hydrogen) atoms. The Labute approximate surface area is 162 Å². The molecule has 1 aromatic rings. The van der Waals surface area contributed by atoms with Crippen molar-refractivity contribution in [3.63, 3.8) is 0 Å². The van der Waals surface area contributed by atoms with E-state index in [0.29, 0.717) is 13.0 Å². The molecule has 1 saturated heterocycles. The van der Waals surface area contributed by atoms with Crippen molar-refractivity contribution in [1.29, 1.82) is 0 Å². The second kappa shape index (κ2) is 11.6. The van der Waals surface area contributed by atoms with Gasteiger partial charge in [0.15, 0.2) is 5.96 Å². The Bertz CT molecular complexity index is 603. The van der Waals surface area contributed by atoms with Crippen molar-refractivity contribution in [3.8, 4) is 0 Å². The van der Waals surface area contributed by atoms with Gasteiger partial charge < -0.3 is 25.2 Å². The summed E-state index contributed by atoms with van der Waals surface area (Å²) in [6.45, 7) is 7.70. The predicted molar refractivity (Wildman–Crippen MR) is 110 cm³/mol. The van der Waals surface area contributed by atoms with Crippen molar-refractivity contribution < 1.29 is 9.53 Å². The molecule has 0 unspecified atom stereocenters. The molecule has 1 fully saturated rings. The lowest BCUT2D eigenvalue weighted by atomic mass is 10.2. The van der Waals surface area contributed by atoms with Crippen LogP contribution in [0, 0.1) is 0 Å². The Morgan fingerprint density at radius 2 is 2.04 bits per heavy atom. The number of carbonyl (C=O) groups is 1. The number of methoxy groups -OCH3 is 1. The van der Waals surface area contributed by atoms with Crippen molar-refractivity contribution in [3.05, 3.63) is 29.8 Å². The number of hydrogen-bond donors (Lipinski definition) is 2. The first-order chi connectivity index (χ1) is 13.1. The summed E-state index contributed by atoms with van der Waals surface area (Å²) in [7, 11) is 3.80. The van der Waals surface area contributed by atoms with E-state index in [1.54, 1.807) is 7.11 Å². The Morgan fingerprint density at radius 1 is 1.26 bits per heavy atom. The highest BCUT2D eigenvalue weighted by molar-refractivity contribution is 5.95. The van der Waals surface area contributed by atoms with Gasteiger partial charge in [-0.25, -0.2) is 4.99 Å². The molecule has 150 valence electrons. The number of nitrogens with zero attached hydrogens (tertiary/aromatic N) is 3. The molecule has 0 spiro atoms. The quantitative estimate of drug-likeness (QED) is 0.478. The van der Waals surface area contributed by atoms with Crippen molar-refractivity contribution >= 4 is 17.6 Å². The topological polar surface area (TPSA) is 69.2 Å². The first-order valence-electron chi connectivity index (χ1n) is 9.73. The number of aliphatic imine (C=N–C) groups is 1. The van der Waals surface area contributed by atoms with Gasteiger partial charge >= 0.3 is 0 Å². The molecule has 0 aliphatic carbocycles. The van der Waals surface area contributed by atoms with Gasteiger partial charge in [0.2, 0.25) is 5.91 Å². The van der Waals surface area contributed by atoms with Crippen molar-refractivity contribution in [2.24, 2.45) is 4.99 Å². The largest absolute Gasteiger partial charge is 0.383 e. The van der Waals surface area contributed by atoms with Crippen LogP contribution in [0.4, 0.5) is 5.69 Å². The van der Waals surface area contributed by atoms with E-state index in [1.807, 2.05) is 29.2 Å². The average molecular weight is 376 g/mol. The summed E-state index contributed by atoms with van der Waals surface area (Å²) in [5, 5.41) is 6.64. The van der Waals surface area contributed by atoms with E-state index < -0.39 is 0 Å². The van der Waals surface area contributed by atoms with Crippen LogP contribution in [0.1, 0.15) is 25.3 Å². The smallest absolute Gasteiger partial charge is 0.227 e. The molecule has 1 heterocycles. The second-order valence-corrected chi connectivity index (χ2v) is 6.73. The fraction of sp³-hybridized carbons (Fsp3) is 0.600. The van der Waals surface area contributed by atoms with Gasteiger partial charge in [-0.1, -0.05) is 12.1 Å². The van der Waals surface area contributed by atoms with Gasteiger partial charge in [-0.3, -0.25) is 4.79 Å². The summed E-state index contributed by atoms with van der Waals surface area (Å²) < 4.78 is 5.09. The number of hydrogen-bond acceptors (Lipinski definition) is 4. The molecule has 0 saturated carbocycles. The minimum Gasteiger partial charge on any atom is -0.383 e. The zero-order valence-corrected chi connectivity index (χ0v) is 16.8. The lowest BCUT2D eigenvalue weighted by Crippen LogP contribution is -2.41. The van der Waals surface area contributed by atoms with E-state index in [-0.39, 0.29) is 5.91 Å². The number of amides is 1. The molecular formula is C20H33N5O2. The third kappa shape index (κ3) is 7.19. The maximum absolute atomic E-state index is 11.8. The van der Waals surface area contributed by atoms with E-state index in [0.717, 1.165) is 63.0 Å². The van der Waals surface area contributed by atoms with Crippen LogP contribution < -0.4 is 15.5 Å². The average Bonchev–Trinajstić information content (AvgIpc) is 3.10. The first-order valence-corrected chi connectivity index (χ1v) is 9.73. The third-order valence-electron chi connectivity index (χ3n) is 4.55. The zero-order valence-electron chi connectivity index (χ0n) is 16.8. The second-order valence-electron chi connectivity index (χ2n) is 6.73. The predicted octanol–water partition coefficient (Wildman–Crippen LogP) is 1.45. The molecule has 2 N–H and O–H groups in total. The van der Waals surface area contributed by atoms with E-state index in [9.17, 15) is 4.79 Å². The minimum absolute atomic E-state index is 0.217. The summed E-state index contributed by atoms with van der Waals surface area (Å²) >= 11 is 0. The van der Waals surface area contributed by atoms with Crippen LogP contribution in [0.15, 0.2) is 29.3 Å². The molecule has 1 aliphatic heterocycles. The molecule has 0 bridgehead atoms. The van der Waals surface area contributed by atoms with Crippen molar-refractivity contribution in [1.82, 2.24) is 15.5 Å². The fourth-order valence-corrected chi connectivity index (χ4v) is 2.94. The summed E-state index contributed by atoms with van der Waals surface area (Å²) in [6.07, 6.45) is 1.60. The van der Waals surface area contributed by atoms with Crippen LogP contribution in [0.25, 0.3) is 0 Å². The highest BCUT2D eigenvalue weighted by Gasteiger charge is 2.21. The molecule has 2 rings (SSSR count).